The van der Waals surface area contributed by atoms with E-state index in [0.29, 0.717) is 29.2 Å². The topological polar surface area (TPSA) is 112 Å². The summed E-state index contributed by atoms with van der Waals surface area (Å²) >= 11 is 0. The number of carbonyl (C=O) groups excluding carboxylic acids is 3. The second-order valence-corrected chi connectivity index (χ2v) is 5.69. The summed E-state index contributed by atoms with van der Waals surface area (Å²) in [5.74, 6) is -0.485. The SMILES string of the molecule is O=C(CCN1C(=O)c2ccccc2C1=O)Nc1ccc(NCCO)nc1. The second kappa shape index (κ2) is 7.75. The van der Waals surface area contributed by atoms with E-state index in [4.69, 9.17) is 5.11 Å². The molecule has 2 heterocycles. The molecule has 0 unspecified atom stereocenters. The Hall–Kier alpha value is -3.26. The van der Waals surface area contributed by atoms with Crippen LogP contribution in [-0.2, 0) is 4.79 Å². The molecule has 0 bridgehead atoms. The number of nitrogens with zero attached hydrogens (tertiary/aromatic N) is 2. The van der Waals surface area contributed by atoms with Gasteiger partial charge in [-0.2, -0.15) is 0 Å². The van der Waals surface area contributed by atoms with Crippen molar-refractivity contribution in [2.45, 2.75) is 6.42 Å². The first-order valence-corrected chi connectivity index (χ1v) is 8.16. The molecule has 26 heavy (non-hydrogen) atoms. The van der Waals surface area contributed by atoms with Gasteiger partial charge in [-0.3, -0.25) is 19.3 Å². The highest BCUT2D eigenvalue weighted by Gasteiger charge is 2.34. The molecule has 1 aliphatic rings. The molecule has 0 fully saturated rings. The molecule has 1 aromatic heterocycles. The number of rotatable bonds is 7. The van der Waals surface area contributed by atoms with Crippen LogP contribution in [0.15, 0.2) is 42.6 Å². The Balaban J connectivity index is 1.53. The molecule has 3 amide bonds. The van der Waals surface area contributed by atoms with Crippen molar-refractivity contribution in [1.29, 1.82) is 0 Å². The molecular weight excluding hydrogens is 336 g/mol. The molecule has 0 saturated heterocycles. The lowest BCUT2D eigenvalue weighted by Gasteiger charge is -2.13. The summed E-state index contributed by atoms with van der Waals surface area (Å²) < 4.78 is 0. The zero-order valence-corrected chi connectivity index (χ0v) is 13.9. The monoisotopic (exact) mass is 354 g/mol. The van der Waals surface area contributed by atoms with E-state index < -0.39 is 0 Å². The Morgan fingerprint density at radius 2 is 1.77 bits per heavy atom. The maximum atomic E-state index is 12.2. The van der Waals surface area contributed by atoms with E-state index in [0.717, 1.165) is 4.90 Å². The Labute approximate surface area is 149 Å². The molecular formula is C18H18N4O4. The number of aliphatic hydroxyl groups is 1. The highest BCUT2D eigenvalue weighted by molar-refractivity contribution is 6.21. The average Bonchev–Trinajstić information content (AvgIpc) is 2.90. The molecule has 0 aliphatic carbocycles. The van der Waals surface area contributed by atoms with Gasteiger partial charge in [0.05, 0.1) is 29.6 Å². The number of benzene rings is 1. The lowest BCUT2D eigenvalue weighted by Crippen LogP contribution is -2.32. The van der Waals surface area contributed by atoms with Crippen molar-refractivity contribution in [3.63, 3.8) is 0 Å². The van der Waals surface area contributed by atoms with E-state index in [2.05, 4.69) is 15.6 Å². The van der Waals surface area contributed by atoms with Crippen molar-refractivity contribution < 1.29 is 19.5 Å². The number of nitrogens with one attached hydrogen (secondary N) is 2. The number of hydrogen-bond donors (Lipinski definition) is 3. The third-order valence-corrected chi connectivity index (χ3v) is 3.91. The standard InChI is InChI=1S/C18H18N4O4/c23-10-8-19-15-6-5-12(11-20-15)21-16(24)7-9-22-17(25)13-3-1-2-4-14(13)18(22)26/h1-6,11,23H,7-10H2,(H,19,20)(H,21,24). The van der Waals surface area contributed by atoms with Gasteiger partial charge >= 0.3 is 0 Å². The van der Waals surface area contributed by atoms with E-state index in [1.165, 1.54) is 6.20 Å². The summed E-state index contributed by atoms with van der Waals surface area (Å²) in [6.45, 7) is 0.401. The highest BCUT2D eigenvalue weighted by Crippen LogP contribution is 2.22. The van der Waals surface area contributed by atoms with Gasteiger partial charge in [0.2, 0.25) is 5.91 Å². The molecule has 8 heteroatoms. The largest absolute Gasteiger partial charge is 0.395 e. The molecule has 0 spiro atoms. The minimum Gasteiger partial charge on any atom is -0.395 e. The Bertz CT molecular complexity index is 800. The van der Waals surface area contributed by atoms with Crippen molar-refractivity contribution in [3.8, 4) is 0 Å². The predicted molar refractivity (Wildman–Crippen MR) is 94.9 cm³/mol. The van der Waals surface area contributed by atoms with Crippen molar-refractivity contribution in [2.75, 3.05) is 30.3 Å². The van der Waals surface area contributed by atoms with Crippen LogP contribution < -0.4 is 10.6 Å². The van der Waals surface area contributed by atoms with E-state index in [1.807, 2.05) is 0 Å². The molecule has 134 valence electrons. The molecule has 3 N–H and O–H groups in total. The van der Waals surface area contributed by atoms with Gasteiger partial charge in [-0.1, -0.05) is 12.1 Å². The summed E-state index contributed by atoms with van der Waals surface area (Å²) in [5.41, 5.74) is 1.24. The lowest BCUT2D eigenvalue weighted by atomic mass is 10.1. The quantitative estimate of drug-likeness (QED) is 0.642. The molecule has 0 radical (unpaired) electrons. The number of hydrogen-bond acceptors (Lipinski definition) is 6. The van der Waals surface area contributed by atoms with Crippen LogP contribution in [0.4, 0.5) is 11.5 Å². The number of pyridine rings is 1. The normalized spacial score (nSPS) is 12.9. The second-order valence-electron chi connectivity index (χ2n) is 5.69. The Morgan fingerprint density at radius 1 is 1.08 bits per heavy atom. The summed E-state index contributed by atoms with van der Waals surface area (Å²) in [4.78, 5) is 41.7. The zero-order valence-electron chi connectivity index (χ0n) is 13.9. The average molecular weight is 354 g/mol. The number of fused-ring (bicyclic) bond motifs is 1. The van der Waals surface area contributed by atoms with Crippen LogP contribution in [0.1, 0.15) is 27.1 Å². The number of aromatic nitrogens is 1. The number of amides is 3. The molecule has 1 aromatic carbocycles. The summed E-state index contributed by atoms with van der Waals surface area (Å²) in [6, 6.07) is 9.96. The Kier molecular flexibility index (Phi) is 5.23. The van der Waals surface area contributed by atoms with Crippen LogP contribution in [0, 0.1) is 0 Å². The first-order valence-electron chi connectivity index (χ1n) is 8.16. The maximum Gasteiger partial charge on any atom is 0.261 e. The van der Waals surface area contributed by atoms with Crippen LogP contribution in [0.25, 0.3) is 0 Å². The maximum absolute atomic E-state index is 12.2. The van der Waals surface area contributed by atoms with Gasteiger partial charge in [-0.05, 0) is 24.3 Å². The minimum atomic E-state index is -0.376. The van der Waals surface area contributed by atoms with Crippen LogP contribution in [0.3, 0.4) is 0 Å². The van der Waals surface area contributed by atoms with Gasteiger partial charge in [-0.25, -0.2) is 4.98 Å². The molecule has 1 aliphatic heterocycles. The number of anilines is 2. The summed E-state index contributed by atoms with van der Waals surface area (Å²) in [7, 11) is 0. The van der Waals surface area contributed by atoms with Crippen molar-refractivity contribution in [1.82, 2.24) is 9.88 Å². The zero-order chi connectivity index (χ0) is 18.5. The molecule has 0 saturated carbocycles. The van der Waals surface area contributed by atoms with E-state index in [9.17, 15) is 14.4 Å². The Morgan fingerprint density at radius 3 is 2.35 bits per heavy atom. The van der Waals surface area contributed by atoms with E-state index >= 15 is 0 Å². The third-order valence-electron chi connectivity index (χ3n) is 3.91. The molecule has 8 nitrogen and oxygen atoms in total. The number of carbonyl (C=O) groups is 3. The van der Waals surface area contributed by atoms with Crippen LogP contribution in [0.2, 0.25) is 0 Å². The van der Waals surface area contributed by atoms with Crippen LogP contribution in [-0.4, -0.2) is 52.4 Å². The van der Waals surface area contributed by atoms with Crippen molar-refractivity contribution in [3.05, 3.63) is 53.7 Å². The van der Waals surface area contributed by atoms with Gasteiger partial charge in [0.15, 0.2) is 0 Å². The molecule has 2 aromatic rings. The number of imide groups is 1. The van der Waals surface area contributed by atoms with Crippen LogP contribution in [0.5, 0.6) is 0 Å². The summed E-state index contributed by atoms with van der Waals surface area (Å²) in [5, 5.41) is 14.3. The highest BCUT2D eigenvalue weighted by atomic mass is 16.3. The fraction of sp³-hybridized carbons (Fsp3) is 0.222. The van der Waals surface area contributed by atoms with Gasteiger partial charge < -0.3 is 15.7 Å². The smallest absolute Gasteiger partial charge is 0.261 e. The first kappa shape index (κ1) is 17.6. The molecule has 0 atom stereocenters. The van der Waals surface area contributed by atoms with Crippen molar-refractivity contribution in [2.24, 2.45) is 0 Å². The lowest BCUT2D eigenvalue weighted by molar-refractivity contribution is -0.116. The predicted octanol–water partition coefficient (Wildman–Crippen LogP) is 1.11. The first-order chi connectivity index (χ1) is 12.6. The van der Waals surface area contributed by atoms with Crippen molar-refractivity contribution >= 4 is 29.2 Å². The van der Waals surface area contributed by atoms with Crippen LogP contribution >= 0.6 is 0 Å². The van der Waals surface area contributed by atoms with Gasteiger partial charge in [-0.15, -0.1) is 0 Å². The van der Waals surface area contributed by atoms with E-state index in [1.54, 1.807) is 36.4 Å². The van der Waals surface area contributed by atoms with E-state index in [-0.39, 0.29) is 37.3 Å². The fourth-order valence-corrected chi connectivity index (χ4v) is 2.64. The third kappa shape index (κ3) is 3.70. The number of aliphatic hydroxyl groups excluding tert-OH is 1. The van der Waals surface area contributed by atoms with Gasteiger partial charge in [0, 0.05) is 19.5 Å². The molecule has 3 rings (SSSR count). The fourth-order valence-electron chi connectivity index (χ4n) is 2.64. The van der Waals surface area contributed by atoms with Gasteiger partial charge in [0.1, 0.15) is 5.82 Å². The minimum absolute atomic E-state index is 0.00201. The van der Waals surface area contributed by atoms with Gasteiger partial charge in [0.25, 0.3) is 11.8 Å². The summed E-state index contributed by atoms with van der Waals surface area (Å²) in [6.07, 6.45) is 1.48.